The van der Waals surface area contributed by atoms with Gasteiger partial charge in [-0.05, 0) is 18.8 Å². The smallest absolute Gasteiger partial charge is 0.205 e. The Morgan fingerprint density at radius 2 is 2.27 bits per heavy atom. The van der Waals surface area contributed by atoms with Gasteiger partial charge in [-0.15, -0.1) is 0 Å². The van der Waals surface area contributed by atoms with Crippen LogP contribution < -0.4 is 4.90 Å². The van der Waals surface area contributed by atoms with Crippen molar-refractivity contribution in [3.05, 3.63) is 18.0 Å². The van der Waals surface area contributed by atoms with Crippen LogP contribution in [0.1, 0.15) is 12.7 Å². The molecule has 80 valence electrons. The summed E-state index contributed by atoms with van der Waals surface area (Å²) in [5.41, 5.74) is 1.43. The van der Waals surface area contributed by atoms with Crippen molar-refractivity contribution in [2.45, 2.75) is 13.8 Å². The van der Waals surface area contributed by atoms with Crippen LogP contribution in [-0.4, -0.2) is 22.4 Å². The molecule has 3 unspecified atom stereocenters. The Morgan fingerprint density at radius 3 is 2.87 bits per heavy atom. The van der Waals surface area contributed by atoms with Crippen LogP contribution in [0.2, 0.25) is 0 Å². The standard InChI is InChI=1S/C11H15N3S/c1-6-7(2)10-5-14(4-9(6)10)11-12-8(3)13-15-11/h7,9-10H,1,4-5H2,2-3H3. The zero-order chi connectivity index (χ0) is 10.6. The predicted molar refractivity (Wildman–Crippen MR) is 62.1 cm³/mol. The van der Waals surface area contributed by atoms with Gasteiger partial charge in [-0.3, -0.25) is 0 Å². The molecule has 1 aliphatic carbocycles. The molecule has 2 heterocycles. The third kappa shape index (κ3) is 1.24. The van der Waals surface area contributed by atoms with Crippen molar-refractivity contribution in [1.82, 2.24) is 9.36 Å². The summed E-state index contributed by atoms with van der Waals surface area (Å²) in [6.07, 6.45) is 0. The van der Waals surface area contributed by atoms with E-state index in [0.29, 0.717) is 11.8 Å². The van der Waals surface area contributed by atoms with Crippen molar-refractivity contribution in [3.63, 3.8) is 0 Å². The van der Waals surface area contributed by atoms with Crippen LogP contribution in [0.5, 0.6) is 0 Å². The summed E-state index contributed by atoms with van der Waals surface area (Å²) < 4.78 is 4.24. The summed E-state index contributed by atoms with van der Waals surface area (Å²) >= 11 is 1.52. The average Bonchev–Trinajstić information content (AvgIpc) is 2.81. The Morgan fingerprint density at radius 1 is 1.47 bits per heavy atom. The maximum Gasteiger partial charge on any atom is 0.205 e. The molecule has 0 radical (unpaired) electrons. The SMILES string of the molecule is C=C1C(C)C2CN(c3nc(C)ns3)CC12. The van der Waals surface area contributed by atoms with Crippen LogP contribution in [0, 0.1) is 24.7 Å². The van der Waals surface area contributed by atoms with Crippen molar-refractivity contribution >= 4 is 16.7 Å². The molecule has 0 N–H and O–H groups in total. The molecule has 3 atom stereocenters. The zero-order valence-corrected chi connectivity index (χ0v) is 9.92. The van der Waals surface area contributed by atoms with Crippen LogP contribution in [0.4, 0.5) is 5.13 Å². The monoisotopic (exact) mass is 221 g/mol. The number of nitrogens with zero attached hydrogens (tertiary/aromatic N) is 3. The number of hydrogen-bond donors (Lipinski definition) is 0. The third-order valence-electron chi connectivity index (χ3n) is 3.86. The summed E-state index contributed by atoms with van der Waals surface area (Å²) in [6.45, 7) is 10.6. The van der Waals surface area contributed by atoms with E-state index in [1.807, 2.05) is 6.92 Å². The fraction of sp³-hybridized carbons (Fsp3) is 0.636. The molecule has 1 aliphatic heterocycles. The minimum atomic E-state index is 0.703. The Kier molecular flexibility index (Phi) is 1.89. The number of aryl methyl sites for hydroxylation is 1. The molecular formula is C11H15N3S. The third-order valence-corrected chi connectivity index (χ3v) is 4.72. The fourth-order valence-corrected chi connectivity index (χ4v) is 3.48. The number of fused-ring (bicyclic) bond motifs is 1. The highest BCUT2D eigenvalue weighted by Gasteiger charge is 2.48. The van der Waals surface area contributed by atoms with E-state index in [9.17, 15) is 0 Å². The second-order valence-corrected chi connectivity index (χ2v) is 5.39. The molecule has 1 aromatic rings. The number of hydrogen-bond acceptors (Lipinski definition) is 4. The first kappa shape index (κ1) is 9.33. The molecule has 4 heteroatoms. The van der Waals surface area contributed by atoms with Crippen molar-refractivity contribution in [3.8, 4) is 0 Å². The Hall–Kier alpha value is -0.900. The Balaban J connectivity index is 1.79. The molecule has 0 spiro atoms. The lowest BCUT2D eigenvalue weighted by molar-refractivity contribution is 0.249. The van der Waals surface area contributed by atoms with E-state index in [4.69, 9.17) is 0 Å². The molecule has 0 amide bonds. The van der Waals surface area contributed by atoms with Crippen LogP contribution in [0.15, 0.2) is 12.2 Å². The average molecular weight is 221 g/mol. The van der Waals surface area contributed by atoms with E-state index in [2.05, 4.69) is 27.8 Å². The van der Waals surface area contributed by atoms with Gasteiger partial charge in [0.1, 0.15) is 5.82 Å². The minimum Gasteiger partial charge on any atom is -0.346 e. The van der Waals surface area contributed by atoms with Gasteiger partial charge in [-0.1, -0.05) is 19.1 Å². The number of anilines is 1. The number of aromatic nitrogens is 2. The first-order chi connectivity index (χ1) is 7.16. The van der Waals surface area contributed by atoms with Gasteiger partial charge in [0, 0.05) is 30.5 Å². The first-order valence-electron chi connectivity index (χ1n) is 5.40. The quantitative estimate of drug-likeness (QED) is 0.680. The van der Waals surface area contributed by atoms with Crippen molar-refractivity contribution in [1.29, 1.82) is 0 Å². The number of rotatable bonds is 1. The van der Waals surface area contributed by atoms with Gasteiger partial charge in [-0.2, -0.15) is 4.37 Å². The highest BCUT2D eigenvalue weighted by Crippen LogP contribution is 2.49. The zero-order valence-electron chi connectivity index (χ0n) is 9.10. The van der Waals surface area contributed by atoms with Gasteiger partial charge in [0.15, 0.2) is 0 Å². The lowest BCUT2D eigenvalue weighted by Gasteiger charge is -2.39. The van der Waals surface area contributed by atoms with E-state index >= 15 is 0 Å². The molecular weight excluding hydrogens is 206 g/mol. The molecule has 1 saturated carbocycles. The fourth-order valence-electron chi connectivity index (χ4n) is 2.79. The molecule has 3 nitrogen and oxygen atoms in total. The second kappa shape index (κ2) is 3.04. The maximum atomic E-state index is 4.44. The topological polar surface area (TPSA) is 29.0 Å². The highest BCUT2D eigenvalue weighted by atomic mass is 32.1. The van der Waals surface area contributed by atoms with Crippen LogP contribution >= 0.6 is 11.5 Å². The van der Waals surface area contributed by atoms with E-state index in [1.54, 1.807) is 0 Å². The second-order valence-electron chi connectivity index (χ2n) is 4.66. The Bertz CT molecular complexity index is 412. The van der Waals surface area contributed by atoms with Gasteiger partial charge >= 0.3 is 0 Å². The van der Waals surface area contributed by atoms with Crippen molar-refractivity contribution in [2.24, 2.45) is 17.8 Å². The van der Waals surface area contributed by atoms with Gasteiger partial charge in [0.25, 0.3) is 0 Å². The summed E-state index contributed by atoms with van der Waals surface area (Å²) in [5.74, 6) is 3.11. The van der Waals surface area contributed by atoms with E-state index in [0.717, 1.165) is 30.0 Å². The summed E-state index contributed by atoms with van der Waals surface area (Å²) in [7, 11) is 0. The summed E-state index contributed by atoms with van der Waals surface area (Å²) in [5, 5.41) is 1.09. The van der Waals surface area contributed by atoms with Gasteiger partial charge < -0.3 is 4.90 Å². The maximum absolute atomic E-state index is 4.44. The molecule has 1 aromatic heterocycles. The molecule has 1 saturated heterocycles. The molecule has 3 rings (SSSR count). The molecule has 2 fully saturated rings. The lowest BCUT2D eigenvalue weighted by Crippen LogP contribution is -2.35. The van der Waals surface area contributed by atoms with E-state index in [1.165, 1.54) is 17.1 Å². The van der Waals surface area contributed by atoms with Crippen LogP contribution in [0.25, 0.3) is 0 Å². The van der Waals surface area contributed by atoms with E-state index < -0.39 is 0 Å². The van der Waals surface area contributed by atoms with Crippen LogP contribution in [0.3, 0.4) is 0 Å². The van der Waals surface area contributed by atoms with E-state index in [-0.39, 0.29) is 0 Å². The summed E-state index contributed by atoms with van der Waals surface area (Å²) in [4.78, 5) is 6.81. The lowest BCUT2D eigenvalue weighted by atomic mass is 9.64. The molecule has 0 bridgehead atoms. The molecule has 2 aliphatic rings. The normalized spacial score (nSPS) is 34.1. The van der Waals surface area contributed by atoms with Gasteiger partial charge in [0.2, 0.25) is 5.13 Å². The predicted octanol–water partition coefficient (Wildman–Crippen LogP) is 2.10. The largest absolute Gasteiger partial charge is 0.346 e. The van der Waals surface area contributed by atoms with Gasteiger partial charge in [0.05, 0.1) is 0 Å². The molecule has 0 aromatic carbocycles. The van der Waals surface area contributed by atoms with Crippen molar-refractivity contribution < 1.29 is 0 Å². The van der Waals surface area contributed by atoms with Gasteiger partial charge in [-0.25, -0.2) is 4.98 Å². The Labute approximate surface area is 94.0 Å². The van der Waals surface area contributed by atoms with Crippen molar-refractivity contribution in [2.75, 3.05) is 18.0 Å². The van der Waals surface area contributed by atoms with Crippen LogP contribution in [-0.2, 0) is 0 Å². The summed E-state index contributed by atoms with van der Waals surface area (Å²) in [6, 6.07) is 0. The first-order valence-corrected chi connectivity index (χ1v) is 6.18. The highest BCUT2D eigenvalue weighted by molar-refractivity contribution is 7.09. The minimum absolute atomic E-state index is 0.703. The molecule has 15 heavy (non-hydrogen) atoms.